The Hall–Kier alpha value is -2.65. The molecule has 1 aliphatic rings. The molecule has 172 valence electrons. The Morgan fingerprint density at radius 1 is 1.09 bits per heavy atom. The summed E-state index contributed by atoms with van der Waals surface area (Å²) >= 11 is 3.41. The molecule has 0 radical (unpaired) electrons. The van der Waals surface area contributed by atoms with Gasteiger partial charge in [-0.2, -0.15) is 0 Å². The van der Waals surface area contributed by atoms with Gasteiger partial charge < -0.3 is 13.7 Å². The van der Waals surface area contributed by atoms with Gasteiger partial charge in [0.25, 0.3) is 0 Å². The molecule has 1 fully saturated rings. The van der Waals surface area contributed by atoms with Crippen molar-refractivity contribution in [1.82, 2.24) is 25.0 Å². The Morgan fingerprint density at radius 2 is 1.91 bits per heavy atom. The van der Waals surface area contributed by atoms with Crippen LogP contribution in [0.1, 0.15) is 66.9 Å². The number of ether oxygens (including phenoxy) is 1. The number of hydrogen-bond donors (Lipinski definition) is 0. The van der Waals surface area contributed by atoms with Gasteiger partial charge in [0.1, 0.15) is 11.6 Å². The summed E-state index contributed by atoms with van der Waals surface area (Å²) in [7, 11) is 1.65. The number of nitrogens with zero attached hydrogens (tertiary/aromatic N) is 5. The maximum atomic E-state index is 6.01. The Kier molecular flexibility index (Phi) is 6.78. The molecular formula is C24H27N5O2S2. The van der Waals surface area contributed by atoms with Crippen LogP contribution in [0.2, 0.25) is 0 Å². The minimum Gasteiger partial charge on any atom is -0.497 e. The number of hydrogen-bond acceptors (Lipinski definition) is 8. The van der Waals surface area contributed by atoms with Crippen molar-refractivity contribution in [3.05, 3.63) is 58.4 Å². The molecule has 0 aliphatic heterocycles. The molecule has 33 heavy (non-hydrogen) atoms. The van der Waals surface area contributed by atoms with Crippen LogP contribution < -0.4 is 4.74 Å². The highest BCUT2D eigenvalue weighted by atomic mass is 32.2. The van der Waals surface area contributed by atoms with Gasteiger partial charge in [-0.15, -0.1) is 31.7 Å². The first-order valence-corrected chi connectivity index (χ1v) is 13.1. The van der Waals surface area contributed by atoms with Crippen molar-refractivity contribution in [2.75, 3.05) is 7.11 Å². The van der Waals surface area contributed by atoms with Crippen LogP contribution in [-0.4, -0.2) is 32.1 Å². The second kappa shape index (κ2) is 10.1. The summed E-state index contributed by atoms with van der Waals surface area (Å²) in [5.41, 5.74) is 0.871. The lowest BCUT2D eigenvalue weighted by Crippen LogP contribution is -2.17. The van der Waals surface area contributed by atoms with Gasteiger partial charge in [0.15, 0.2) is 5.16 Å². The summed E-state index contributed by atoms with van der Waals surface area (Å²) in [5, 5.41) is 20.8. The van der Waals surface area contributed by atoms with E-state index in [1.165, 1.54) is 37.0 Å². The van der Waals surface area contributed by atoms with Crippen molar-refractivity contribution in [2.45, 2.75) is 61.9 Å². The van der Waals surface area contributed by atoms with E-state index in [1.54, 1.807) is 30.2 Å². The molecule has 1 saturated carbocycles. The van der Waals surface area contributed by atoms with E-state index in [-0.39, 0.29) is 5.25 Å². The summed E-state index contributed by atoms with van der Waals surface area (Å²) in [5.74, 6) is 2.93. The maximum absolute atomic E-state index is 6.01. The predicted octanol–water partition coefficient (Wildman–Crippen LogP) is 6.35. The molecule has 0 amide bonds. The molecule has 1 aromatic carbocycles. The Morgan fingerprint density at radius 3 is 2.64 bits per heavy atom. The highest BCUT2D eigenvalue weighted by Gasteiger charge is 2.26. The van der Waals surface area contributed by atoms with Crippen molar-refractivity contribution >= 4 is 23.1 Å². The van der Waals surface area contributed by atoms with Crippen LogP contribution in [0.3, 0.4) is 0 Å². The van der Waals surface area contributed by atoms with Crippen molar-refractivity contribution in [3.63, 3.8) is 0 Å². The van der Waals surface area contributed by atoms with Gasteiger partial charge >= 0.3 is 0 Å². The molecule has 1 unspecified atom stereocenters. The second-order valence-corrected chi connectivity index (χ2v) is 10.6. The van der Waals surface area contributed by atoms with E-state index in [1.807, 2.05) is 24.3 Å². The van der Waals surface area contributed by atoms with E-state index in [0.29, 0.717) is 17.8 Å². The summed E-state index contributed by atoms with van der Waals surface area (Å²) in [6.45, 7) is 2.08. The van der Waals surface area contributed by atoms with Crippen molar-refractivity contribution in [3.8, 4) is 17.2 Å². The van der Waals surface area contributed by atoms with E-state index < -0.39 is 0 Å². The van der Waals surface area contributed by atoms with Crippen LogP contribution in [0.5, 0.6) is 5.75 Å². The highest BCUT2D eigenvalue weighted by Crippen LogP contribution is 2.39. The topological polar surface area (TPSA) is 78.9 Å². The van der Waals surface area contributed by atoms with Crippen molar-refractivity contribution in [2.24, 2.45) is 0 Å². The SMILES string of the molecule is COc1ccc(-c2nnc(C(C)Sc3nnc(Cc4cccs4)n3C3CCCCC3)o2)cc1. The fourth-order valence-corrected chi connectivity index (χ4v) is 5.91. The lowest BCUT2D eigenvalue weighted by Gasteiger charge is -2.26. The summed E-state index contributed by atoms with van der Waals surface area (Å²) in [6.07, 6.45) is 7.01. The van der Waals surface area contributed by atoms with Crippen LogP contribution in [0.4, 0.5) is 0 Å². The molecule has 1 atom stereocenters. The average molecular weight is 482 g/mol. The van der Waals surface area contributed by atoms with Gasteiger partial charge in [0.2, 0.25) is 11.8 Å². The fraction of sp³-hybridized carbons (Fsp3) is 0.417. The van der Waals surface area contributed by atoms with Crippen molar-refractivity contribution < 1.29 is 9.15 Å². The minimum atomic E-state index is -0.0365. The van der Waals surface area contributed by atoms with Gasteiger partial charge in [0.05, 0.1) is 12.4 Å². The smallest absolute Gasteiger partial charge is 0.247 e. The monoisotopic (exact) mass is 481 g/mol. The predicted molar refractivity (Wildman–Crippen MR) is 130 cm³/mol. The van der Waals surface area contributed by atoms with E-state index in [9.17, 15) is 0 Å². The summed E-state index contributed by atoms with van der Waals surface area (Å²) in [6, 6.07) is 12.3. The Labute approximate surface area is 201 Å². The third-order valence-electron chi connectivity index (χ3n) is 5.99. The van der Waals surface area contributed by atoms with Gasteiger partial charge in [0, 0.05) is 22.9 Å². The first-order chi connectivity index (χ1) is 16.2. The standard InChI is InChI=1S/C24H27N5O2S2/c1-16(22-26-27-23(31-22)17-10-12-19(30-2)13-11-17)33-24-28-25-21(15-20-9-6-14-32-20)29(24)18-7-4-3-5-8-18/h6,9-14,16,18H,3-5,7-8,15H2,1-2H3. The number of thioether (sulfide) groups is 1. The molecule has 5 rings (SSSR count). The zero-order chi connectivity index (χ0) is 22.6. The van der Waals surface area contributed by atoms with Crippen LogP contribution in [0.25, 0.3) is 11.5 Å². The average Bonchev–Trinajstić information content (AvgIpc) is 3.62. The fourth-order valence-electron chi connectivity index (χ4n) is 4.24. The first-order valence-electron chi connectivity index (χ1n) is 11.3. The van der Waals surface area contributed by atoms with E-state index in [0.717, 1.165) is 28.7 Å². The van der Waals surface area contributed by atoms with Crippen LogP contribution in [0, 0.1) is 0 Å². The molecule has 3 aromatic heterocycles. The first kappa shape index (κ1) is 22.2. The normalized spacial score (nSPS) is 15.6. The molecule has 0 bridgehead atoms. The largest absolute Gasteiger partial charge is 0.497 e. The molecule has 7 nitrogen and oxygen atoms in total. The molecular weight excluding hydrogens is 454 g/mol. The number of methoxy groups -OCH3 is 1. The minimum absolute atomic E-state index is 0.0365. The molecule has 4 aromatic rings. The van der Waals surface area contributed by atoms with Gasteiger partial charge in [-0.1, -0.05) is 37.1 Å². The molecule has 1 aliphatic carbocycles. The highest BCUT2D eigenvalue weighted by molar-refractivity contribution is 7.99. The zero-order valence-corrected chi connectivity index (χ0v) is 20.4. The Bertz CT molecular complexity index is 1160. The second-order valence-electron chi connectivity index (χ2n) is 8.25. The third-order valence-corrected chi connectivity index (χ3v) is 7.92. The van der Waals surface area contributed by atoms with E-state index in [2.05, 4.69) is 49.4 Å². The van der Waals surface area contributed by atoms with Gasteiger partial charge in [-0.05, 0) is 55.5 Å². The third kappa shape index (κ3) is 4.99. The van der Waals surface area contributed by atoms with Crippen LogP contribution >= 0.6 is 23.1 Å². The van der Waals surface area contributed by atoms with E-state index >= 15 is 0 Å². The molecule has 3 heterocycles. The van der Waals surface area contributed by atoms with Gasteiger partial charge in [-0.3, -0.25) is 0 Å². The molecule has 9 heteroatoms. The Balaban J connectivity index is 1.37. The lowest BCUT2D eigenvalue weighted by atomic mass is 9.95. The summed E-state index contributed by atoms with van der Waals surface area (Å²) < 4.78 is 13.6. The maximum Gasteiger partial charge on any atom is 0.247 e. The summed E-state index contributed by atoms with van der Waals surface area (Å²) in [4.78, 5) is 1.31. The number of aromatic nitrogens is 5. The zero-order valence-electron chi connectivity index (χ0n) is 18.8. The molecule has 0 spiro atoms. The van der Waals surface area contributed by atoms with Crippen LogP contribution in [-0.2, 0) is 6.42 Å². The lowest BCUT2D eigenvalue weighted by molar-refractivity contribution is 0.330. The van der Waals surface area contributed by atoms with Crippen LogP contribution in [0.15, 0.2) is 51.4 Å². The van der Waals surface area contributed by atoms with Gasteiger partial charge in [-0.25, -0.2) is 0 Å². The quantitative estimate of drug-likeness (QED) is 0.271. The number of rotatable bonds is 8. The van der Waals surface area contributed by atoms with E-state index in [4.69, 9.17) is 9.15 Å². The molecule has 0 N–H and O–H groups in total. The molecule has 0 saturated heterocycles. The number of thiophene rings is 1. The van der Waals surface area contributed by atoms with Crippen molar-refractivity contribution in [1.29, 1.82) is 0 Å². The number of benzene rings is 1.